The summed E-state index contributed by atoms with van der Waals surface area (Å²) in [7, 11) is 0. The first kappa shape index (κ1) is 14.3. The highest BCUT2D eigenvalue weighted by Gasteiger charge is 2.16. The van der Waals surface area contributed by atoms with Crippen LogP contribution >= 0.6 is 11.3 Å². The maximum Gasteiger partial charge on any atom is 0.272 e. The van der Waals surface area contributed by atoms with Crippen LogP contribution in [0.5, 0.6) is 0 Å². The van der Waals surface area contributed by atoms with E-state index in [1.807, 2.05) is 24.4 Å². The third-order valence-electron chi connectivity index (χ3n) is 3.01. The van der Waals surface area contributed by atoms with Gasteiger partial charge in [0.05, 0.1) is 17.9 Å². The second-order valence-electron chi connectivity index (χ2n) is 4.59. The van der Waals surface area contributed by atoms with E-state index in [0.717, 1.165) is 16.3 Å². The number of rotatable bonds is 4. The first-order valence-corrected chi connectivity index (χ1v) is 7.54. The van der Waals surface area contributed by atoms with Gasteiger partial charge in [0.15, 0.2) is 0 Å². The van der Waals surface area contributed by atoms with Crippen molar-refractivity contribution in [3.05, 3.63) is 59.2 Å². The van der Waals surface area contributed by atoms with Gasteiger partial charge < -0.3 is 5.32 Å². The zero-order chi connectivity index (χ0) is 15.4. The van der Waals surface area contributed by atoms with E-state index in [-0.39, 0.29) is 11.9 Å². The first-order valence-electron chi connectivity index (χ1n) is 6.67. The summed E-state index contributed by atoms with van der Waals surface area (Å²) < 4.78 is 0. The highest BCUT2D eigenvalue weighted by atomic mass is 32.1. The minimum absolute atomic E-state index is 0.199. The Bertz CT molecular complexity index is 760. The Morgan fingerprint density at radius 2 is 2.00 bits per heavy atom. The van der Waals surface area contributed by atoms with Crippen LogP contribution in [0.3, 0.4) is 0 Å². The number of thiazole rings is 1. The number of hydrogen-bond donors (Lipinski definition) is 1. The summed E-state index contributed by atoms with van der Waals surface area (Å²) in [5, 5.41) is 5.68. The summed E-state index contributed by atoms with van der Waals surface area (Å²) >= 11 is 1.51. The Morgan fingerprint density at radius 1 is 1.18 bits per heavy atom. The van der Waals surface area contributed by atoms with Crippen LogP contribution in [0.2, 0.25) is 0 Å². The van der Waals surface area contributed by atoms with Gasteiger partial charge in [0.2, 0.25) is 0 Å². The van der Waals surface area contributed by atoms with Crippen LogP contribution in [0, 0.1) is 0 Å². The molecule has 0 radical (unpaired) electrons. The molecule has 1 amide bonds. The second-order valence-corrected chi connectivity index (χ2v) is 5.48. The standard InChI is InChI=1S/C15H13N5OS/c1-10(19-14(21)12-8-17-6-7-18-12)15-20-13(9-22-15)11-2-4-16-5-3-11/h2-10H,1H3,(H,19,21). The third kappa shape index (κ3) is 3.15. The van der Waals surface area contributed by atoms with Crippen LogP contribution in [-0.4, -0.2) is 25.8 Å². The fourth-order valence-electron chi connectivity index (χ4n) is 1.89. The second kappa shape index (κ2) is 6.40. The molecule has 0 aliphatic carbocycles. The smallest absolute Gasteiger partial charge is 0.272 e. The van der Waals surface area contributed by atoms with E-state index >= 15 is 0 Å². The van der Waals surface area contributed by atoms with Crippen molar-refractivity contribution in [3.8, 4) is 11.3 Å². The van der Waals surface area contributed by atoms with Gasteiger partial charge >= 0.3 is 0 Å². The molecule has 1 N–H and O–H groups in total. The van der Waals surface area contributed by atoms with Gasteiger partial charge in [-0.25, -0.2) is 9.97 Å². The van der Waals surface area contributed by atoms with Crippen molar-refractivity contribution in [2.24, 2.45) is 0 Å². The van der Waals surface area contributed by atoms with Gasteiger partial charge in [0.25, 0.3) is 5.91 Å². The van der Waals surface area contributed by atoms with Crippen LogP contribution in [0.4, 0.5) is 0 Å². The minimum Gasteiger partial charge on any atom is -0.342 e. The van der Waals surface area contributed by atoms with Crippen LogP contribution in [0.15, 0.2) is 48.5 Å². The Balaban J connectivity index is 1.72. The number of pyridine rings is 1. The molecule has 0 spiro atoms. The topological polar surface area (TPSA) is 80.7 Å². The van der Waals surface area contributed by atoms with Crippen molar-refractivity contribution in [2.45, 2.75) is 13.0 Å². The number of nitrogens with zero attached hydrogens (tertiary/aromatic N) is 4. The molecular formula is C15H13N5OS. The van der Waals surface area contributed by atoms with E-state index in [0.29, 0.717) is 5.69 Å². The quantitative estimate of drug-likeness (QED) is 0.800. The zero-order valence-electron chi connectivity index (χ0n) is 11.8. The maximum atomic E-state index is 12.1. The molecule has 3 aromatic heterocycles. The van der Waals surface area contributed by atoms with Crippen molar-refractivity contribution in [2.75, 3.05) is 0 Å². The minimum atomic E-state index is -0.263. The number of carbonyl (C=O) groups excluding carboxylic acids is 1. The van der Waals surface area contributed by atoms with Gasteiger partial charge in [-0.2, -0.15) is 0 Å². The van der Waals surface area contributed by atoms with Crippen molar-refractivity contribution >= 4 is 17.2 Å². The number of nitrogens with one attached hydrogen (secondary N) is 1. The Kier molecular flexibility index (Phi) is 4.15. The van der Waals surface area contributed by atoms with E-state index in [9.17, 15) is 4.79 Å². The van der Waals surface area contributed by atoms with Crippen LogP contribution in [-0.2, 0) is 0 Å². The molecular weight excluding hydrogens is 298 g/mol. The van der Waals surface area contributed by atoms with Crippen LogP contribution < -0.4 is 5.32 Å². The number of carbonyl (C=O) groups is 1. The average molecular weight is 311 g/mol. The Morgan fingerprint density at radius 3 is 2.73 bits per heavy atom. The van der Waals surface area contributed by atoms with Gasteiger partial charge in [0.1, 0.15) is 10.7 Å². The fourth-order valence-corrected chi connectivity index (χ4v) is 2.73. The van der Waals surface area contributed by atoms with Crippen molar-refractivity contribution in [1.82, 2.24) is 25.3 Å². The van der Waals surface area contributed by atoms with Gasteiger partial charge in [-0.15, -0.1) is 11.3 Å². The largest absolute Gasteiger partial charge is 0.342 e. The SMILES string of the molecule is CC(NC(=O)c1cnccn1)c1nc(-c2ccncc2)cs1. The predicted molar refractivity (Wildman–Crippen MR) is 83.3 cm³/mol. The highest BCUT2D eigenvalue weighted by Crippen LogP contribution is 2.25. The van der Waals surface area contributed by atoms with Gasteiger partial charge in [0, 0.05) is 35.7 Å². The normalized spacial score (nSPS) is 11.9. The average Bonchev–Trinajstić information content (AvgIpc) is 3.06. The summed E-state index contributed by atoms with van der Waals surface area (Å²) in [6, 6.07) is 3.61. The summed E-state index contributed by atoms with van der Waals surface area (Å²) in [5.41, 5.74) is 2.17. The lowest BCUT2D eigenvalue weighted by Gasteiger charge is -2.10. The van der Waals surface area contributed by atoms with Gasteiger partial charge in [-0.3, -0.25) is 14.8 Å². The lowest BCUT2D eigenvalue weighted by Crippen LogP contribution is -2.27. The molecule has 0 bridgehead atoms. The number of aromatic nitrogens is 4. The monoisotopic (exact) mass is 311 g/mol. The molecule has 0 saturated heterocycles. The van der Waals surface area contributed by atoms with E-state index in [2.05, 4.69) is 25.3 Å². The summed E-state index contributed by atoms with van der Waals surface area (Å²) in [5.74, 6) is -0.263. The molecule has 110 valence electrons. The highest BCUT2D eigenvalue weighted by molar-refractivity contribution is 7.10. The van der Waals surface area contributed by atoms with Crippen molar-refractivity contribution < 1.29 is 4.79 Å². The molecule has 7 heteroatoms. The summed E-state index contributed by atoms with van der Waals surface area (Å²) in [6.07, 6.45) is 7.92. The van der Waals surface area contributed by atoms with Crippen molar-refractivity contribution in [3.63, 3.8) is 0 Å². The molecule has 6 nitrogen and oxygen atoms in total. The fraction of sp³-hybridized carbons (Fsp3) is 0.133. The number of hydrogen-bond acceptors (Lipinski definition) is 6. The summed E-state index contributed by atoms with van der Waals surface area (Å²) in [4.78, 5) is 28.5. The van der Waals surface area contributed by atoms with Crippen molar-refractivity contribution in [1.29, 1.82) is 0 Å². The molecule has 3 heterocycles. The van der Waals surface area contributed by atoms with Crippen LogP contribution in [0.25, 0.3) is 11.3 Å². The first-order chi connectivity index (χ1) is 10.7. The molecule has 0 aliphatic heterocycles. The molecule has 0 fully saturated rings. The lowest BCUT2D eigenvalue weighted by atomic mass is 10.2. The molecule has 3 rings (SSSR count). The predicted octanol–water partition coefficient (Wildman–Crippen LogP) is 2.49. The van der Waals surface area contributed by atoms with E-state index in [4.69, 9.17) is 0 Å². The third-order valence-corrected chi connectivity index (χ3v) is 4.04. The molecule has 3 aromatic rings. The molecule has 1 unspecified atom stereocenters. The Labute approximate surface area is 131 Å². The van der Waals surface area contributed by atoms with Crippen LogP contribution in [0.1, 0.15) is 28.5 Å². The van der Waals surface area contributed by atoms with Gasteiger partial charge in [-0.1, -0.05) is 0 Å². The van der Waals surface area contributed by atoms with Gasteiger partial charge in [-0.05, 0) is 19.1 Å². The zero-order valence-corrected chi connectivity index (χ0v) is 12.6. The molecule has 0 saturated carbocycles. The maximum absolute atomic E-state index is 12.1. The van der Waals surface area contributed by atoms with E-state index in [1.54, 1.807) is 12.4 Å². The Hall–Kier alpha value is -2.67. The molecule has 1 atom stereocenters. The molecule has 0 aliphatic rings. The molecule has 0 aromatic carbocycles. The molecule has 22 heavy (non-hydrogen) atoms. The summed E-state index contributed by atoms with van der Waals surface area (Å²) in [6.45, 7) is 1.89. The van der Waals surface area contributed by atoms with E-state index in [1.165, 1.54) is 29.9 Å². The lowest BCUT2D eigenvalue weighted by molar-refractivity contribution is 0.0934. The number of amides is 1. The van der Waals surface area contributed by atoms with E-state index < -0.39 is 0 Å².